The molecule has 0 radical (unpaired) electrons. The summed E-state index contributed by atoms with van der Waals surface area (Å²) in [6, 6.07) is 9.71. The Balaban J connectivity index is 2.34. The van der Waals surface area contributed by atoms with Crippen molar-refractivity contribution in [2.24, 2.45) is 7.05 Å². The minimum absolute atomic E-state index is 0.258. The van der Waals surface area contributed by atoms with Gasteiger partial charge in [0.15, 0.2) is 0 Å². The van der Waals surface area contributed by atoms with Crippen LogP contribution in [0.2, 0.25) is 0 Å². The summed E-state index contributed by atoms with van der Waals surface area (Å²) in [5.74, 6) is 0.0920. The molecular formula is C16H22N4O2. The molecule has 0 saturated heterocycles. The molecule has 6 nitrogen and oxygen atoms in total. The topological polar surface area (TPSA) is 82.2 Å². The second-order valence-corrected chi connectivity index (χ2v) is 5.55. The lowest BCUT2D eigenvalue weighted by Crippen LogP contribution is -2.47. The Labute approximate surface area is 130 Å². The molecule has 118 valence electrons. The third-order valence-corrected chi connectivity index (χ3v) is 3.73. The van der Waals surface area contributed by atoms with Crippen LogP contribution in [0.4, 0.5) is 5.82 Å². The van der Waals surface area contributed by atoms with Gasteiger partial charge in [-0.05, 0) is 19.4 Å². The first-order valence-electron chi connectivity index (χ1n) is 7.05. The summed E-state index contributed by atoms with van der Waals surface area (Å²) in [7, 11) is 3.32. The third kappa shape index (κ3) is 2.96. The Morgan fingerprint density at radius 2 is 2.05 bits per heavy atom. The van der Waals surface area contributed by atoms with E-state index < -0.39 is 5.54 Å². The van der Waals surface area contributed by atoms with Gasteiger partial charge in [-0.25, -0.2) is 0 Å². The van der Waals surface area contributed by atoms with Gasteiger partial charge in [0.25, 0.3) is 5.91 Å². The Morgan fingerprint density at radius 3 is 2.55 bits per heavy atom. The van der Waals surface area contributed by atoms with Gasteiger partial charge in [0.1, 0.15) is 11.4 Å². The number of hydrogen-bond acceptors (Lipinski definition) is 4. The van der Waals surface area contributed by atoms with E-state index in [9.17, 15) is 4.79 Å². The molecule has 1 atom stereocenters. The highest BCUT2D eigenvalue weighted by Gasteiger charge is 2.31. The van der Waals surface area contributed by atoms with Crippen molar-refractivity contribution in [1.82, 2.24) is 15.1 Å². The zero-order valence-corrected chi connectivity index (χ0v) is 13.4. The molecule has 0 saturated carbocycles. The molecule has 0 aliphatic rings. The van der Waals surface area contributed by atoms with Crippen molar-refractivity contribution < 1.29 is 9.53 Å². The van der Waals surface area contributed by atoms with Gasteiger partial charge in [-0.1, -0.05) is 30.3 Å². The van der Waals surface area contributed by atoms with Crippen molar-refractivity contribution in [2.45, 2.75) is 19.4 Å². The second kappa shape index (κ2) is 6.19. The molecule has 0 spiro atoms. The van der Waals surface area contributed by atoms with E-state index in [2.05, 4.69) is 10.4 Å². The smallest absolute Gasteiger partial charge is 0.257 e. The van der Waals surface area contributed by atoms with Crippen LogP contribution < -0.4 is 11.1 Å². The Bertz CT molecular complexity index is 666. The number of nitrogens with one attached hydrogen (secondary N) is 1. The fourth-order valence-corrected chi connectivity index (χ4v) is 2.56. The number of nitrogens with two attached hydrogens (primary N) is 1. The van der Waals surface area contributed by atoms with Crippen LogP contribution in [-0.2, 0) is 17.3 Å². The Hall–Kier alpha value is -2.34. The fraction of sp³-hybridized carbons (Fsp3) is 0.375. The number of carbonyl (C=O) groups excluding carboxylic acids is 1. The monoisotopic (exact) mass is 302 g/mol. The van der Waals surface area contributed by atoms with E-state index in [1.807, 2.05) is 37.3 Å². The van der Waals surface area contributed by atoms with E-state index in [-0.39, 0.29) is 5.91 Å². The van der Waals surface area contributed by atoms with Crippen LogP contribution in [0, 0.1) is 6.92 Å². The maximum Gasteiger partial charge on any atom is 0.257 e. The molecule has 0 fully saturated rings. The van der Waals surface area contributed by atoms with E-state index >= 15 is 0 Å². The molecule has 1 amide bonds. The quantitative estimate of drug-likeness (QED) is 0.879. The average molecular weight is 302 g/mol. The summed E-state index contributed by atoms with van der Waals surface area (Å²) in [6.07, 6.45) is 0. The number of rotatable bonds is 5. The van der Waals surface area contributed by atoms with Crippen LogP contribution in [0.5, 0.6) is 0 Å². The van der Waals surface area contributed by atoms with Crippen molar-refractivity contribution in [1.29, 1.82) is 0 Å². The molecule has 1 aromatic carbocycles. The van der Waals surface area contributed by atoms with Crippen molar-refractivity contribution >= 4 is 11.7 Å². The number of aryl methyl sites for hydroxylation is 2. The van der Waals surface area contributed by atoms with E-state index in [1.165, 1.54) is 4.68 Å². The van der Waals surface area contributed by atoms with Crippen molar-refractivity contribution in [3.63, 3.8) is 0 Å². The summed E-state index contributed by atoms with van der Waals surface area (Å²) in [5, 5.41) is 7.20. The van der Waals surface area contributed by atoms with Crippen LogP contribution in [0.3, 0.4) is 0 Å². The molecular weight excluding hydrogens is 280 g/mol. The first kappa shape index (κ1) is 16.0. The lowest BCUT2D eigenvalue weighted by Gasteiger charge is -2.30. The predicted octanol–water partition coefficient (Wildman–Crippen LogP) is 1.60. The molecule has 0 aliphatic carbocycles. The molecule has 0 bridgehead atoms. The summed E-state index contributed by atoms with van der Waals surface area (Å²) in [6.45, 7) is 4.04. The summed E-state index contributed by atoms with van der Waals surface area (Å²) in [4.78, 5) is 12.7. The molecule has 3 N–H and O–H groups in total. The fourth-order valence-electron chi connectivity index (χ4n) is 2.56. The maximum atomic E-state index is 12.7. The van der Waals surface area contributed by atoms with Gasteiger partial charge in [0, 0.05) is 14.2 Å². The van der Waals surface area contributed by atoms with Crippen LogP contribution >= 0.6 is 0 Å². The van der Waals surface area contributed by atoms with E-state index in [1.54, 1.807) is 21.1 Å². The number of ether oxygens (including phenoxy) is 1. The molecule has 0 aliphatic heterocycles. The van der Waals surface area contributed by atoms with Crippen LogP contribution in [0.15, 0.2) is 30.3 Å². The number of aromatic nitrogens is 2. The largest absolute Gasteiger partial charge is 0.383 e. The highest BCUT2D eigenvalue weighted by molar-refractivity contribution is 6.00. The number of nitrogens with zero attached hydrogens (tertiary/aromatic N) is 2. The zero-order valence-electron chi connectivity index (χ0n) is 13.4. The van der Waals surface area contributed by atoms with Gasteiger partial charge in [0.05, 0.1) is 17.8 Å². The number of amides is 1. The minimum Gasteiger partial charge on any atom is -0.383 e. The summed E-state index contributed by atoms with van der Waals surface area (Å²) >= 11 is 0. The first-order valence-corrected chi connectivity index (χ1v) is 7.05. The Kier molecular flexibility index (Phi) is 4.51. The van der Waals surface area contributed by atoms with E-state index in [0.29, 0.717) is 23.7 Å². The van der Waals surface area contributed by atoms with Gasteiger partial charge >= 0.3 is 0 Å². The van der Waals surface area contributed by atoms with Gasteiger partial charge < -0.3 is 15.8 Å². The lowest BCUT2D eigenvalue weighted by atomic mass is 9.92. The minimum atomic E-state index is -0.651. The molecule has 22 heavy (non-hydrogen) atoms. The van der Waals surface area contributed by atoms with E-state index in [4.69, 9.17) is 10.5 Å². The van der Waals surface area contributed by atoms with Gasteiger partial charge in [-0.3, -0.25) is 9.48 Å². The van der Waals surface area contributed by atoms with Gasteiger partial charge in [0.2, 0.25) is 0 Å². The van der Waals surface area contributed by atoms with Crippen molar-refractivity contribution in [2.75, 3.05) is 19.5 Å². The SMILES string of the molecule is COCC(C)(NC(=O)c1c(C)nn(C)c1N)c1ccccc1. The number of methoxy groups -OCH3 is 1. The highest BCUT2D eigenvalue weighted by Crippen LogP contribution is 2.23. The molecule has 2 aromatic rings. The van der Waals surface area contributed by atoms with Crippen molar-refractivity contribution in [3.05, 3.63) is 47.2 Å². The van der Waals surface area contributed by atoms with E-state index in [0.717, 1.165) is 5.56 Å². The number of benzene rings is 1. The first-order chi connectivity index (χ1) is 10.4. The standard InChI is InChI=1S/C16H22N4O2/c1-11-13(14(17)20(3)19-11)15(21)18-16(2,10-22-4)12-8-6-5-7-9-12/h5-9H,10,17H2,1-4H3,(H,18,21). The maximum absolute atomic E-state index is 12.7. The van der Waals surface area contributed by atoms with Crippen LogP contribution in [0.1, 0.15) is 28.5 Å². The molecule has 1 heterocycles. The Morgan fingerprint density at radius 1 is 1.41 bits per heavy atom. The van der Waals surface area contributed by atoms with Gasteiger partial charge in [-0.15, -0.1) is 0 Å². The average Bonchev–Trinajstić information content (AvgIpc) is 2.73. The van der Waals surface area contributed by atoms with Crippen LogP contribution in [0.25, 0.3) is 0 Å². The normalized spacial score (nSPS) is 13.6. The predicted molar refractivity (Wildman–Crippen MR) is 85.5 cm³/mol. The highest BCUT2D eigenvalue weighted by atomic mass is 16.5. The summed E-state index contributed by atoms with van der Waals surface area (Å²) < 4.78 is 6.80. The number of hydrogen-bond donors (Lipinski definition) is 2. The number of anilines is 1. The second-order valence-electron chi connectivity index (χ2n) is 5.55. The van der Waals surface area contributed by atoms with Gasteiger partial charge in [-0.2, -0.15) is 5.10 Å². The molecule has 1 aromatic heterocycles. The lowest BCUT2D eigenvalue weighted by molar-refractivity contribution is 0.0786. The number of nitrogen functional groups attached to an aromatic ring is 1. The van der Waals surface area contributed by atoms with Crippen LogP contribution in [-0.4, -0.2) is 29.4 Å². The zero-order chi connectivity index (χ0) is 16.3. The van der Waals surface area contributed by atoms with Crippen molar-refractivity contribution in [3.8, 4) is 0 Å². The molecule has 6 heteroatoms. The molecule has 2 rings (SSSR count). The third-order valence-electron chi connectivity index (χ3n) is 3.73. The number of carbonyl (C=O) groups is 1. The molecule has 1 unspecified atom stereocenters. The summed E-state index contributed by atoms with van der Waals surface area (Å²) in [5.41, 5.74) is 7.26.